The number of alkyl halides is 1. The van der Waals surface area contributed by atoms with Gasteiger partial charge in [-0.05, 0) is 33.6 Å². The number of nitrogens with zero attached hydrogens (tertiary/aromatic N) is 3. The molecule has 1 fully saturated rings. The van der Waals surface area contributed by atoms with E-state index < -0.39 is 0 Å². The van der Waals surface area contributed by atoms with Crippen molar-refractivity contribution in [2.45, 2.75) is 44.0 Å². The smallest absolute Gasteiger partial charge is 0.293 e. The van der Waals surface area contributed by atoms with Crippen LogP contribution in [0.4, 0.5) is 5.82 Å². The van der Waals surface area contributed by atoms with Gasteiger partial charge in [0.15, 0.2) is 5.82 Å². The Balaban J connectivity index is 2.37. The average Bonchev–Trinajstić information content (AvgIpc) is 2.27. The first-order valence-electron chi connectivity index (χ1n) is 6.37. The summed E-state index contributed by atoms with van der Waals surface area (Å²) in [5, 5.41) is 0. The van der Waals surface area contributed by atoms with E-state index in [9.17, 15) is 4.79 Å². The molecule has 1 aromatic rings. The SMILES string of the molecule is CC(C)(C)n1ccnc(N2CCCC(Br)C2)c1=O. The highest BCUT2D eigenvalue weighted by Gasteiger charge is 2.23. The fraction of sp³-hybridized carbons (Fsp3) is 0.692. The van der Waals surface area contributed by atoms with Crippen LogP contribution in [-0.2, 0) is 5.54 Å². The molecular weight excluding hydrogens is 294 g/mol. The number of rotatable bonds is 1. The summed E-state index contributed by atoms with van der Waals surface area (Å²) in [6.07, 6.45) is 5.75. The molecule has 1 aromatic heterocycles. The van der Waals surface area contributed by atoms with Crippen LogP contribution in [0.25, 0.3) is 0 Å². The summed E-state index contributed by atoms with van der Waals surface area (Å²) in [7, 11) is 0. The summed E-state index contributed by atoms with van der Waals surface area (Å²) >= 11 is 3.63. The number of halogens is 1. The van der Waals surface area contributed by atoms with Crippen molar-refractivity contribution >= 4 is 21.7 Å². The van der Waals surface area contributed by atoms with E-state index in [0.29, 0.717) is 10.6 Å². The number of hydrogen-bond donors (Lipinski definition) is 0. The third kappa shape index (κ3) is 2.76. The van der Waals surface area contributed by atoms with Gasteiger partial charge in [0.1, 0.15) is 0 Å². The van der Waals surface area contributed by atoms with Gasteiger partial charge in [-0.2, -0.15) is 0 Å². The number of anilines is 1. The molecule has 1 atom stereocenters. The van der Waals surface area contributed by atoms with Gasteiger partial charge in [-0.1, -0.05) is 15.9 Å². The van der Waals surface area contributed by atoms with Gasteiger partial charge in [-0.15, -0.1) is 0 Å². The van der Waals surface area contributed by atoms with Gasteiger partial charge in [-0.25, -0.2) is 4.98 Å². The molecule has 18 heavy (non-hydrogen) atoms. The molecule has 100 valence electrons. The number of hydrogen-bond acceptors (Lipinski definition) is 3. The Morgan fingerprint density at radius 3 is 2.78 bits per heavy atom. The van der Waals surface area contributed by atoms with E-state index in [1.807, 2.05) is 20.8 Å². The van der Waals surface area contributed by atoms with Gasteiger partial charge in [0, 0.05) is 35.8 Å². The zero-order valence-corrected chi connectivity index (χ0v) is 12.8. The first-order chi connectivity index (χ1) is 8.39. The molecule has 0 aliphatic carbocycles. The van der Waals surface area contributed by atoms with E-state index in [0.717, 1.165) is 25.9 Å². The second-order valence-electron chi connectivity index (χ2n) is 5.78. The number of piperidine rings is 1. The molecule has 0 spiro atoms. The van der Waals surface area contributed by atoms with Crippen molar-refractivity contribution in [1.29, 1.82) is 0 Å². The van der Waals surface area contributed by atoms with E-state index in [1.54, 1.807) is 17.0 Å². The molecule has 0 N–H and O–H groups in total. The van der Waals surface area contributed by atoms with Crippen molar-refractivity contribution in [1.82, 2.24) is 9.55 Å². The predicted octanol–water partition coefficient (Wildman–Crippen LogP) is 2.36. The Hall–Kier alpha value is -0.840. The normalized spacial score (nSPS) is 21.1. The summed E-state index contributed by atoms with van der Waals surface area (Å²) < 4.78 is 1.76. The molecule has 1 aliphatic heterocycles. The third-order valence-corrected chi connectivity index (χ3v) is 3.96. The summed E-state index contributed by atoms with van der Waals surface area (Å²) in [5.74, 6) is 0.580. The van der Waals surface area contributed by atoms with Gasteiger partial charge in [0.2, 0.25) is 0 Å². The first-order valence-corrected chi connectivity index (χ1v) is 7.28. The topological polar surface area (TPSA) is 38.1 Å². The Morgan fingerprint density at radius 1 is 1.44 bits per heavy atom. The average molecular weight is 314 g/mol. The lowest BCUT2D eigenvalue weighted by Gasteiger charge is -2.31. The molecule has 2 heterocycles. The van der Waals surface area contributed by atoms with Crippen LogP contribution in [0.2, 0.25) is 0 Å². The fourth-order valence-corrected chi connectivity index (χ4v) is 2.94. The lowest BCUT2D eigenvalue weighted by molar-refractivity contribution is 0.381. The Morgan fingerprint density at radius 2 is 2.17 bits per heavy atom. The van der Waals surface area contributed by atoms with E-state index in [4.69, 9.17) is 0 Å². The highest BCUT2D eigenvalue weighted by Crippen LogP contribution is 2.20. The van der Waals surface area contributed by atoms with Gasteiger partial charge in [-0.3, -0.25) is 4.79 Å². The second-order valence-corrected chi connectivity index (χ2v) is 7.08. The van der Waals surface area contributed by atoms with Crippen LogP contribution >= 0.6 is 15.9 Å². The van der Waals surface area contributed by atoms with Crippen LogP contribution in [0.1, 0.15) is 33.6 Å². The quantitative estimate of drug-likeness (QED) is 0.747. The maximum atomic E-state index is 12.5. The molecule has 0 amide bonds. The standard InChI is InChI=1S/C13H20BrN3O/c1-13(2,3)17-8-6-15-11(12(17)18)16-7-4-5-10(14)9-16/h6,8,10H,4-5,7,9H2,1-3H3. The highest BCUT2D eigenvalue weighted by atomic mass is 79.9. The van der Waals surface area contributed by atoms with Crippen LogP contribution in [0.15, 0.2) is 17.2 Å². The van der Waals surface area contributed by atoms with Gasteiger partial charge >= 0.3 is 0 Å². The Kier molecular flexibility index (Phi) is 3.80. The minimum absolute atomic E-state index is 0.00611. The molecule has 4 nitrogen and oxygen atoms in total. The van der Waals surface area contributed by atoms with Gasteiger partial charge < -0.3 is 9.47 Å². The number of aromatic nitrogens is 2. The maximum Gasteiger partial charge on any atom is 0.293 e. The van der Waals surface area contributed by atoms with Crippen molar-refractivity contribution in [2.24, 2.45) is 0 Å². The zero-order valence-electron chi connectivity index (χ0n) is 11.2. The van der Waals surface area contributed by atoms with Crippen LogP contribution < -0.4 is 10.5 Å². The van der Waals surface area contributed by atoms with Crippen molar-refractivity contribution in [3.8, 4) is 0 Å². The van der Waals surface area contributed by atoms with E-state index in [1.165, 1.54) is 0 Å². The first kappa shape index (κ1) is 13.6. The molecule has 0 bridgehead atoms. The molecule has 1 aliphatic rings. The van der Waals surface area contributed by atoms with Crippen molar-refractivity contribution in [2.75, 3.05) is 18.0 Å². The Labute approximate surface area is 116 Å². The summed E-state index contributed by atoms with van der Waals surface area (Å²) in [6.45, 7) is 7.86. The van der Waals surface area contributed by atoms with Crippen LogP contribution in [0.5, 0.6) is 0 Å². The lowest BCUT2D eigenvalue weighted by atomic mass is 10.1. The van der Waals surface area contributed by atoms with Crippen LogP contribution in [0.3, 0.4) is 0 Å². The van der Waals surface area contributed by atoms with Gasteiger partial charge in [0.25, 0.3) is 5.56 Å². The largest absolute Gasteiger partial charge is 0.351 e. The molecular formula is C13H20BrN3O. The fourth-order valence-electron chi connectivity index (χ4n) is 2.26. The van der Waals surface area contributed by atoms with Crippen LogP contribution in [0, 0.1) is 0 Å². The van der Waals surface area contributed by atoms with Crippen molar-refractivity contribution in [3.63, 3.8) is 0 Å². The van der Waals surface area contributed by atoms with E-state index in [-0.39, 0.29) is 11.1 Å². The minimum Gasteiger partial charge on any atom is -0.351 e. The third-order valence-electron chi connectivity index (χ3n) is 3.21. The molecule has 1 unspecified atom stereocenters. The monoisotopic (exact) mass is 313 g/mol. The van der Waals surface area contributed by atoms with E-state index >= 15 is 0 Å². The van der Waals surface area contributed by atoms with Crippen LogP contribution in [-0.4, -0.2) is 27.5 Å². The molecule has 0 saturated carbocycles. The zero-order chi connectivity index (χ0) is 13.3. The van der Waals surface area contributed by atoms with E-state index in [2.05, 4.69) is 25.8 Å². The lowest BCUT2D eigenvalue weighted by Crippen LogP contribution is -2.43. The highest BCUT2D eigenvalue weighted by molar-refractivity contribution is 9.09. The molecule has 5 heteroatoms. The predicted molar refractivity (Wildman–Crippen MR) is 77.7 cm³/mol. The summed E-state index contributed by atoms with van der Waals surface area (Å²) in [5.41, 5.74) is -0.204. The molecule has 2 rings (SSSR count). The second kappa shape index (κ2) is 5.03. The van der Waals surface area contributed by atoms with Gasteiger partial charge in [0.05, 0.1) is 0 Å². The molecule has 0 radical (unpaired) electrons. The van der Waals surface area contributed by atoms with Crippen molar-refractivity contribution < 1.29 is 0 Å². The molecule has 0 aromatic carbocycles. The summed E-state index contributed by atoms with van der Waals surface area (Å²) in [4.78, 5) is 19.3. The molecule has 1 saturated heterocycles. The van der Waals surface area contributed by atoms with Crippen molar-refractivity contribution in [3.05, 3.63) is 22.7 Å². The summed E-state index contributed by atoms with van der Waals surface area (Å²) in [6, 6.07) is 0. The minimum atomic E-state index is -0.210. The Bertz CT molecular complexity index is 478. The maximum absolute atomic E-state index is 12.5.